The molecule has 0 unspecified atom stereocenters. The van der Waals surface area contributed by atoms with Crippen LogP contribution in [0.3, 0.4) is 0 Å². The van der Waals surface area contributed by atoms with Crippen LogP contribution in [-0.2, 0) is 17.0 Å². The molecule has 146 valence electrons. The van der Waals surface area contributed by atoms with E-state index >= 15 is 0 Å². The van der Waals surface area contributed by atoms with Crippen molar-refractivity contribution >= 4 is 10.8 Å². The van der Waals surface area contributed by atoms with Gasteiger partial charge in [0.1, 0.15) is 5.69 Å². The summed E-state index contributed by atoms with van der Waals surface area (Å²) in [4.78, 5) is 6.17. The zero-order chi connectivity index (χ0) is 17.7. The van der Waals surface area contributed by atoms with Gasteiger partial charge >= 0.3 is 6.18 Å². The van der Waals surface area contributed by atoms with E-state index in [0.717, 1.165) is 68.3 Å². The Morgan fingerprint density at radius 1 is 1.23 bits per heavy atom. The SMILES string of the molecule is O.O=S1CC2(CCN([C@H]3CCC[C@H](c4ccc(C(F)(F)F)nc4)C3)C2)C1. The third-order valence-electron chi connectivity index (χ3n) is 6.11. The predicted molar refractivity (Wildman–Crippen MR) is 94.3 cm³/mol. The van der Waals surface area contributed by atoms with Gasteiger partial charge in [-0.25, -0.2) is 0 Å². The Bertz CT molecular complexity index is 657. The first-order chi connectivity index (χ1) is 11.8. The van der Waals surface area contributed by atoms with Gasteiger partial charge in [0.05, 0.1) is 0 Å². The molecule has 3 fully saturated rings. The largest absolute Gasteiger partial charge is 0.433 e. The van der Waals surface area contributed by atoms with E-state index in [2.05, 4.69) is 9.88 Å². The fourth-order valence-electron chi connectivity index (χ4n) is 4.77. The van der Waals surface area contributed by atoms with E-state index in [9.17, 15) is 17.4 Å². The molecule has 4 nitrogen and oxygen atoms in total. The number of likely N-dealkylation sites (tertiary alicyclic amines) is 1. The number of alkyl halides is 3. The lowest BCUT2D eigenvalue weighted by molar-refractivity contribution is -0.141. The first-order valence-corrected chi connectivity index (χ1v) is 10.5. The molecule has 1 aliphatic carbocycles. The van der Waals surface area contributed by atoms with Crippen molar-refractivity contribution in [3.63, 3.8) is 0 Å². The second kappa shape index (κ2) is 7.20. The van der Waals surface area contributed by atoms with Crippen LogP contribution in [0, 0.1) is 5.41 Å². The molecular formula is C18H25F3N2O2S. The van der Waals surface area contributed by atoms with Crippen molar-refractivity contribution in [3.8, 4) is 0 Å². The summed E-state index contributed by atoms with van der Waals surface area (Å²) in [6.07, 6.45) is 2.45. The van der Waals surface area contributed by atoms with Crippen LogP contribution in [0.4, 0.5) is 13.2 Å². The maximum atomic E-state index is 12.7. The summed E-state index contributed by atoms with van der Waals surface area (Å²) in [5, 5.41) is 0. The van der Waals surface area contributed by atoms with Crippen LogP contribution in [-0.4, -0.2) is 50.2 Å². The summed E-state index contributed by atoms with van der Waals surface area (Å²) in [6, 6.07) is 3.20. The molecule has 0 radical (unpaired) electrons. The lowest BCUT2D eigenvalue weighted by Crippen LogP contribution is -2.48. The van der Waals surface area contributed by atoms with Crippen molar-refractivity contribution < 1.29 is 22.9 Å². The lowest BCUT2D eigenvalue weighted by Gasteiger charge is -2.40. The highest BCUT2D eigenvalue weighted by molar-refractivity contribution is 7.86. The maximum absolute atomic E-state index is 12.7. The van der Waals surface area contributed by atoms with Gasteiger partial charge in [0, 0.05) is 46.5 Å². The number of aromatic nitrogens is 1. The van der Waals surface area contributed by atoms with E-state index in [-0.39, 0.29) is 10.9 Å². The van der Waals surface area contributed by atoms with Crippen LogP contribution >= 0.6 is 0 Å². The maximum Gasteiger partial charge on any atom is 0.433 e. The molecule has 0 bridgehead atoms. The first-order valence-electron chi connectivity index (χ1n) is 8.97. The van der Waals surface area contributed by atoms with Crippen molar-refractivity contribution in [1.82, 2.24) is 9.88 Å². The summed E-state index contributed by atoms with van der Waals surface area (Å²) < 4.78 is 49.5. The third kappa shape index (κ3) is 3.82. The van der Waals surface area contributed by atoms with Gasteiger partial charge in [-0.15, -0.1) is 0 Å². The smallest absolute Gasteiger partial charge is 0.412 e. The van der Waals surface area contributed by atoms with E-state index < -0.39 is 22.7 Å². The molecule has 26 heavy (non-hydrogen) atoms. The van der Waals surface area contributed by atoms with Gasteiger partial charge in [-0.2, -0.15) is 13.2 Å². The molecule has 1 spiro atoms. The summed E-state index contributed by atoms with van der Waals surface area (Å²) in [7, 11) is -0.614. The number of pyridine rings is 1. The van der Waals surface area contributed by atoms with E-state index in [1.807, 2.05) is 0 Å². The molecule has 0 aromatic carbocycles. The number of hydrogen-bond acceptors (Lipinski definition) is 3. The Morgan fingerprint density at radius 2 is 2.00 bits per heavy atom. The Hall–Kier alpha value is -0.990. The summed E-state index contributed by atoms with van der Waals surface area (Å²) in [5.41, 5.74) is 0.396. The first kappa shape index (κ1) is 19.8. The molecule has 2 N–H and O–H groups in total. The Morgan fingerprint density at radius 3 is 2.62 bits per heavy atom. The second-order valence-corrected chi connectivity index (χ2v) is 9.40. The highest BCUT2D eigenvalue weighted by Gasteiger charge is 2.49. The highest BCUT2D eigenvalue weighted by atomic mass is 32.2. The molecule has 2 aliphatic heterocycles. The van der Waals surface area contributed by atoms with Gasteiger partial charge in [0.15, 0.2) is 0 Å². The topological polar surface area (TPSA) is 64.7 Å². The monoisotopic (exact) mass is 390 g/mol. The number of hydrogen-bond donors (Lipinski definition) is 0. The molecule has 1 aromatic heterocycles. The van der Waals surface area contributed by atoms with Gasteiger partial charge < -0.3 is 5.48 Å². The minimum Gasteiger partial charge on any atom is -0.412 e. The van der Waals surface area contributed by atoms with Crippen molar-refractivity contribution in [2.45, 2.75) is 50.2 Å². The molecule has 3 aliphatic rings. The molecular weight excluding hydrogens is 365 g/mol. The van der Waals surface area contributed by atoms with Crippen LogP contribution in [0.25, 0.3) is 0 Å². The molecule has 1 saturated carbocycles. The van der Waals surface area contributed by atoms with Crippen LogP contribution < -0.4 is 0 Å². The molecule has 4 rings (SSSR count). The average Bonchev–Trinajstić information content (AvgIpc) is 2.99. The second-order valence-electron chi connectivity index (χ2n) is 7.94. The average molecular weight is 390 g/mol. The zero-order valence-electron chi connectivity index (χ0n) is 14.6. The quantitative estimate of drug-likeness (QED) is 0.780. The summed E-state index contributed by atoms with van der Waals surface area (Å²) >= 11 is 0. The minimum absolute atomic E-state index is 0. The fraction of sp³-hybridized carbons (Fsp3) is 0.722. The molecule has 8 heteroatoms. The van der Waals surface area contributed by atoms with E-state index in [0.29, 0.717) is 12.0 Å². The van der Waals surface area contributed by atoms with Crippen molar-refractivity contribution in [1.29, 1.82) is 0 Å². The Labute approximate surface area is 153 Å². The summed E-state index contributed by atoms with van der Waals surface area (Å²) in [5.74, 6) is 1.99. The van der Waals surface area contributed by atoms with Gasteiger partial charge in [-0.05, 0) is 49.8 Å². The zero-order valence-corrected chi connectivity index (χ0v) is 15.4. The van der Waals surface area contributed by atoms with Crippen LogP contribution in [0.5, 0.6) is 0 Å². The number of rotatable bonds is 2. The van der Waals surface area contributed by atoms with Crippen molar-refractivity contribution in [3.05, 3.63) is 29.6 Å². The highest BCUT2D eigenvalue weighted by Crippen LogP contribution is 2.43. The van der Waals surface area contributed by atoms with Crippen LogP contribution in [0.1, 0.15) is 49.3 Å². The molecule has 1 aromatic rings. The number of halogens is 3. The van der Waals surface area contributed by atoms with E-state index in [4.69, 9.17) is 0 Å². The normalized spacial score (nSPS) is 35.1. The summed E-state index contributed by atoms with van der Waals surface area (Å²) in [6.45, 7) is 2.11. The van der Waals surface area contributed by atoms with Gasteiger partial charge in [0.25, 0.3) is 0 Å². The Balaban J connectivity index is 0.00000196. The van der Waals surface area contributed by atoms with Gasteiger partial charge in [-0.1, -0.05) is 12.5 Å². The van der Waals surface area contributed by atoms with E-state index in [1.54, 1.807) is 6.07 Å². The molecule has 2 saturated heterocycles. The van der Waals surface area contributed by atoms with Crippen molar-refractivity contribution in [2.24, 2.45) is 5.41 Å². The predicted octanol–water partition coefficient (Wildman–Crippen LogP) is 2.76. The lowest BCUT2D eigenvalue weighted by atomic mass is 9.81. The van der Waals surface area contributed by atoms with Crippen LogP contribution in [0.2, 0.25) is 0 Å². The van der Waals surface area contributed by atoms with Gasteiger partial charge in [0.2, 0.25) is 0 Å². The molecule has 3 heterocycles. The molecule has 2 atom stereocenters. The van der Waals surface area contributed by atoms with E-state index in [1.165, 1.54) is 6.20 Å². The fourth-order valence-corrected chi connectivity index (χ4v) is 6.52. The minimum atomic E-state index is -4.37. The van der Waals surface area contributed by atoms with Crippen LogP contribution in [0.15, 0.2) is 18.3 Å². The standard InChI is InChI=1S/C18H23F3N2OS.H2O/c19-18(20,21)16-5-4-14(9-22-16)13-2-1-3-15(8-13)23-7-6-17(10-23)11-25(24)12-17;/h4-5,9,13,15H,1-3,6-8,10-12H2;1H2/t13-,15-,17?,25?;/m0./s1. The van der Waals surface area contributed by atoms with Crippen molar-refractivity contribution in [2.75, 3.05) is 24.6 Å². The molecule has 0 amide bonds. The third-order valence-corrected chi connectivity index (χ3v) is 7.98. The van der Waals surface area contributed by atoms with Gasteiger partial charge in [-0.3, -0.25) is 14.1 Å². The Kier molecular flexibility index (Phi) is 5.48. The number of nitrogens with zero attached hydrogens (tertiary/aromatic N) is 2.